The zero-order valence-electron chi connectivity index (χ0n) is 8.27. The molecule has 0 saturated carbocycles. The van der Waals surface area contributed by atoms with E-state index in [1.807, 2.05) is 6.07 Å². The molecule has 1 aromatic rings. The Bertz CT molecular complexity index is 305. The quantitative estimate of drug-likeness (QED) is 0.870. The molecule has 3 nitrogen and oxygen atoms in total. The van der Waals surface area contributed by atoms with Crippen molar-refractivity contribution >= 4 is 15.9 Å². The van der Waals surface area contributed by atoms with Gasteiger partial charge in [0.2, 0.25) is 0 Å². The van der Waals surface area contributed by atoms with Gasteiger partial charge >= 0.3 is 0 Å². The van der Waals surface area contributed by atoms with Crippen LogP contribution in [-0.2, 0) is 6.54 Å². The van der Waals surface area contributed by atoms with E-state index in [4.69, 9.17) is 4.42 Å². The van der Waals surface area contributed by atoms with Crippen molar-refractivity contribution in [3.05, 3.63) is 22.6 Å². The van der Waals surface area contributed by atoms with E-state index in [1.54, 1.807) is 6.26 Å². The molecule has 1 fully saturated rings. The zero-order chi connectivity index (χ0) is 10.0. The molecule has 2 heterocycles. The van der Waals surface area contributed by atoms with Crippen LogP contribution in [-0.4, -0.2) is 18.6 Å². The molecule has 0 aliphatic carbocycles. The van der Waals surface area contributed by atoms with E-state index in [1.165, 1.54) is 12.0 Å². The number of nitrogens with one attached hydrogen (secondary N) is 2. The first kappa shape index (κ1) is 10.2. The Balaban J connectivity index is 1.87. The number of hydrogen-bond donors (Lipinski definition) is 2. The second kappa shape index (κ2) is 4.04. The Morgan fingerprint density at radius 3 is 3.14 bits per heavy atom. The fourth-order valence-electron chi connectivity index (χ4n) is 1.72. The highest BCUT2D eigenvalue weighted by atomic mass is 79.9. The summed E-state index contributed by atoms with van der Waals surface area (Å²) in [6.45, 7) is 5.28. The summed E-state index contributed by atoms with van der Waals surface area (Å²) >= 11 is 3.29. The van der Waals surface area contributed by atoms with Crippen LogP contribution in [0.3, 0.4) is 0 Å². The Morgan fingerprint density at radius 2 is 2.57 bits per heavy atom. The SMILES string of the molecule is CC1(NCc2coc(Br)c2)CCNC1. The second-order valence-corrected chi connectivity index (χ2v) is 4.88. The molecule has 0 radical (unpaired) electrons. The second-order valence-electron chi connectivity index (χ2n) is 4.10. The number of furan rings is 1. The van der Waals surface area contributed by atoms with Crippen molar-refractivity contribution in [3.63, 3.8) is 0 Å². The number of hydrogen-bond acceptors (Lipinski definition) is 3. The molecule has 4 heteroatoms. The minimum absolute atomic E-state index is 0.240. The summed E-state index contributed by atoms with van der Waals surface area (Å²) in [4.78, 5) is 0. The first-order valence-electron chi connectivity index (χ1n) is 4.87. The van der Waals surface area contributed by atoms with E-state index in [9.17, 15) is 0 Å². The van der Waals surface area contributed by atoms with Crippen molar-refractivity contribution in [2.45, 2.75) is 25.4 Å². The van der Waals surface area contributed by atoms with Gasteiger partial charge in [-0.1, -0.05) is 0 Å². The lowest BCUT2D eigenvalue weighted by atomic mass is 10.0. The fourth-order valence-corrected chi connectivity index (χ4v) is 2.11. The molecule has 0 spiro atoms. The third-order valence-corrected chi connectivity index (χ3v) is 3.13. The predicted molar refractivity (Wildman–Crippen MR) is 59.1 cm³/mol. The summed E-state index contributed by atoms with van der Waals surface area (Å²) in [6, 6.07) is 2.00. The van der Waals surface area contributed by atoms with Crippen molar-refractivity contribution in [2.75, 3.05) is 13.1 Å². The van der Waals surface area contributed by atoms with Crippen LogP contribution in [0.2, 0.25) is 0 Å². The molecular weight excluding hydrogens is 244 g/mol. The summed E-state index contributed by atoms with van der Waals surface area (Å²) in [6.07, 6.45) is 2.97. The Labute approximate surface area is 92.4 Å². The molecule has 1 unspecified atom stereocenters. The van der Waals surface area contributed by atoms with Gasteiger partial charge in [-0.25, -0.2) is 0 Å². The van der Waals surface area contributed by atoms with Crippen molar-refractivity contribution in [1.29, 1.82) is 0 Å². The molecule has 0 amide bonds. The van der Waals surface area contributed by atoms with Gasteiger partial charge in [-0.2, -0.15) is 0 Å². The minimum Gasteiger partial charge on any atom is -0.457 e. The molecule has 1 aliphatic rings. The highest BCUT2D eigenvalue weighted by Crippen LogP contribution is 2.17. The van der Waals surface area contributed by atoms with Crippen LogP contribution in [0.15, 0.2) is 21.4 Å². The van der Waals surface area contributed by atoms with E-state index in [0.29, 0.717) is 0 Å². The third-order valence-electron chi connectivity index (χ3n) is 2.71. The zero-order valence-corrected chi connectivity index (χ0v) is 9.86. The molecular formula is C10H15BrN2O. The topological polar surface area (TPSA) is 37.2 Å². The average Bonchev–Trinajstić information content (AvgIpc) is 2.73. The van der Waals surface area contributed by atoms with Crippen molar-refractivity contribution in [2.24, 2.45) is 0 Å². The summed E-state index contributed by atoms with van der Waals surface area (Å²) in [5.74, 6) is 0. The monoisotopic (exact) mass is 258 g/mol. The van der Waals surface area contributed by atoms with Crippen LogP contribution < -0.4 is 10.6 Å². The van der Waals surface area contributed by atoms with Gasteiger partial charge in [-0.3, -0.25) is 0 Å². The molecule has 14 heavy (non-hydrogen) atoms. The lowest BCUT2D eigenvalue weighted by Gasteiger charge is -2.24. The molecule has 1 aliphatic heterocycles. The lowest BCUT2D eigenvalue weighted by molar-refractivity contribution is 0.384. The van der Waals surface area contributed by atoms with E-state index >= 15 is 0 Å². The predicted octanol–water partition coefficient (Wildman–Crippen LogP) is 1.88. The Morgan fingerprint density at radius 1 is 1.71 bits per heavy atom. The van der Waals surface area contributed by atoms with Gasteiger partial charge in [0, 0.05) is 24.2 Å². The summed E-state index contributed by atoms with van der Waals surface area (Å²) < 4.78 is 5.97. The third kappa shape index (κ3) is 2.38. The summed E-state index contributed by atoms with van der Waals surface area (Å²) in [5.41, 5.74) is 1.43. The lowest BCUT2D eigenvalue weighted by Crippen LogP contribution is -2.43. The van der Waals surface area contributed by atoms with Gasteiger partial charge < -0.3 is 15.1 Å². The van der Waals surface area contributed by atoms with Crippen LogP contribution in [0, 0.1) is 0 Å². The molecule has 0 aromatic carbocycles. The first-order valence-corrected chi connectivity index (χ1v) is 5.66. The van der Waals surface area contributed by atoms with Crippen molar-refractivity contribution in [1.82, 2.24) is 10.6 Å². The van der Waals surface area contributed by atoms with Gasteiger partial charge in [-0.05, 0) is 41.9 Å². The highest BCUT2D eigenvalue weighted by molar-refractivity contribution is 9.10. The standard InChI is InChI=1S/C10H15BrN2O/c1-10(2-3-12-7-10)13-5-8-4-9(11)14-6-8/h4,6,12-13H,2-3,5,7H2,1H3. The molecule has 1 aromatic heterocycles. The highest BCUT2D eigenvalue weighted by Gasteiger charge is 2.27. The van der Waals surface area contributed by atoms with Crippen LogP contribution >= 0.6 is 15.9 Å². The smallest absolute Gasteiger partial charge is 0.169 e. The van der Waals surface area contributed by atoms with Gasteiger partial charge in [0.25, 0.3) is 0 Å². The maximum atomic E-state index is 5.17. The van der Waals surface area contributed by atoms with Crippen LogP contribution in [0.1, 0.15) is 18.9 Å². The molecule has 1 saturated heterocycles. The minimum atomic E-state index is 0.240. The normalized spacial score (nSPS) is 27.0. The van der Waals surface area contributed by atoms with Gasteiger partial charge in [0.1, 0.15) is 0 Å². The maximum absolute atomic E-state index is 5.17. The maximum Gasteiger partial charge on any atom is 0.169 e. The van der Waals surface area contributed by atoms with E-state index < -0.39 is 0 Å². The van der Waals surface area contributed by atoms with Gasteiger partial charge in [0.05, 0.1) is 6.26 Å². The van der Waals surface area contributed by atoms with Gasteiger partial charge in [0.15, 0.2) is 4.67 Å². The largest absolute Gasteiger partial charge is 0.457 e. The summed E-state index contributed by atoms with van der Waals surface area (Å²) in [7, 11) is 0. The van der Waals surface area contributed by atoms with E-state index in [2.05, 4.69) is 33.5 Å². The average molecular weight is 259 g/mol. The first-order chi connectivity index (χ1) is 6.68. The molecule has 0 bridgehead atoms. The molecule has 2 rings (SSSR count). The van der Waals surface area contributed by atoms with E-state index in [-0.39, 0.29) is 5.54 Å². The van der Waals surface area contributed by atoms with Crippen LogP contribution in [0.25, 0.3) is 0 Å². The van der Waals surface area contributed by atoms with Crippen LogP contribution in [0.5, 0.6) is 0 Å². The van der Waals surface area contributed by atoms with Crippen LogP contribution in [0.4, 0.5) is 0 Å². The molecule has 78 valence electrons. The molecule has 2 N–H and O–H groups in total. The van der Waals surface area contributed by atoms with Crippen molar-refractivity contribution in [3.8, 4) is 0 Å². The fraction of sp³-hybridized carbons (Fsp3) is 0.600. The van der Waals surface area contributed by atoms with E-state index in [0.717, 1.165) is 24.3 Å². The number of rotatable bonds is 3. The number of halogens is 1. The Hall–Kier alpha value is -0.320. The Kier molecular flexibility index (Phi) is 2.95. The summed E-state index contributed by atoms with van der Waals surface area (Å²) in [5, 5.41) is 6.90. The van der Waals surface area contributed by atoms with Gasteiger partial charge in [-0.15, -0.1) is 0 Å². The molecule has 1 atom stereocenters. The van der Waals surface area contributed by atoms with Crippen molar-refractivity contribution < 1.29 is 4.42 Å².